The van der Waals surface area contributed by atoms with Crippen LogP contribution >= 0.6 is 0 Å². The van der Waals surface area contributed by atoms with Crippen LogP contribution in [0.5, 0.6) is 11.5 Å². The molecule has 0 aromatic heterocycles. The van der Waals surface area contributed by atoms with E-state index >= 15 is 0 Å². The molecule has 0 aliphatic carbocycles. The molecule has 0 radical (unpaired) electrons. The molecule has 18 heteroatoms. The second-order valence-electron chi connectivity index (χ2n) is 10.4. The highest BCUT2D eigenvalue weighted by Crippen LogP contribution is 2.60. The van der Waals surface area contributed by atoms with Crippen LogP contribution in [-0.4, -0.2) is 54.8 Å². The van der Waals surface area contributed by atoms with Crippen LogP contribution in [0.25, 0.3) is 0 Å². The van der Waals surface area contributed by atoms with Crippen molar-refractivity contribution in [2.45, 2.75) is 41.6 Å². The van der Waals surface area contributed by atoms with Crippen molar-refractivity contribution in [1.29, 1.82) is 0 Å². The molecule has 0 unspecified atom stereocenters. The molecule has 0 atom stereocenters. The van der Waals surface area contributed by atoms with Gasteiger partial charge in [0.1, 0.15) is 0 Å². The number of nitrogens with zero attached hydrogens (tertiary/aromatic N) is 1. The zero-order chi connectivity index (χ0) is 32.8. The number of carbonyl (C=O) groups is 4. The number of esters is 1. The maximum atomic E-state index is 13.5. The third kappa shape index (κ3) is 4.48. The van der Waals surface area contributed by atoms with Crippen molar-refractivity contribution in [3.05, 3.63) is 69.8 Å². The van der Waals surface area contributed by atoms with E-state index in [0.29, 0.717) is 10.6 Å². The van der Waals surface area contributed by atoms with E-state index < -0.39 is 88.7 Å². The molecular weight excluding hydrogens is 638 g/mol. The average molecular weight is 660 g/mol. The molecule has 1 saturated heterocycles. The molecular formula is C27H21N3O13S2. The Kier molecular flexibility index (Phi) is 6.49. The van der Waals surface area contributed by atoms with Crippen molar-refractivity contribution < 1.29 is 59.4 Å². The van der Waals surface area contributed by atoms with Gasteiger partial charge in [0.25, 0.3) is 32.1 Å². The molecule has 2 amide bonds. The summed E-state index contributed by atoms with van der Waals surface area (Å²) in [5.41, 5.74) is 8.69. The largest absolute Gasteiger partial charge is 0.453 e. The number of hydrogen-bond donors (Lipinski definition) is 4. The van der Waals surface area contributed by atoms with E-state index in [0.717, 1.165) is 12.1 Å². The van der Waals surface area contributed by atoms with Gasteiger partial charge in [0.15, 0.2) is 26.9 Å². The minimum Gasteiger partial charge on any atom is -0.453 e. The summed E-state index contributed by atoms with van der Waals surface area (Å²) in [5.74, 6) is -4.75. The van der Waals surface area contributed by atoms with Crippen molar-refractivity contribution >= 4 is 55.4 Å². The molecule has 3 aromatic rings. The first-order valence-electron chi connectivity index (χ1n) is 12.9. The second kappa shape index (κ2) is 9.73. The van der Waals surface area contributed by atoms with Crippen molar-refractivity contribution in [2.24, 2.45) is 0 Å². The number of nitrogens with two attached hydrogens (primary N) is 2. The quantitative estimate of drug-likeness (QED) is 0.130. The van der Waals surface area contributed by atoms with Crippen molar-refractivity contribution in [1.82, 2.24) is 5.06 Å². The Balaban J connectivity index is 1.58. The highest BCUT2D eigenvalue weighted by atomic mass is 32.2. The number of imide groups is 1. The second-order valence-corrected chi connectivity index (χ2v) is 13.1. The molecule has 1 fully saturated rings. The molecule has 3 aliphatic heterocycles. The summed E-state index contributed by atoms with van der Waals surface area (Å²) >= 11 is 0. The van der Waals surface area contributed by atoms with Gasteiger partial charge in [0.05, 0.1) is 23.4 Å². The first kappa shape index (κ1) is 30.0. The lowest BCUT2D eigenvalue weighted by Gasteiger charge is -2.38. The van der Waals surface area contributed by atoms with Crippen LogP contribution in [0.4, 0.5) is 11.4 Å². The highest BCUT2D eigenvalue weighted by molar-refractivity contribution is 7.86. The molecule has 0 bridgehead atoms. The topological polar surface area (TPSA) is 260 Å². The summed E-state index contributed by atoms with van der Waals surface area (Å²) in [7, 11) is -10.3. The number of anilines is 2. The van der Waals surface area contributed by atoms with Crippen molar-refractivity contribution in [3.63, 3.8) is 0 Å². The van der Waals surface area contributed by atoms with E-state index in [-0.39, 0.29) is 40.7 Å². The van der Waals surface area contributed by atoms with E-state index in [2.05, 4.69) is 0 Å². The Labute approximate surface area is 253 Å². The Morgan fingerprint density at radius 1 is 0.889 bits per heavy atom. The number of benzene rings is 3. The van der Waals surface area contributed by atoms with Crippen LogP contribution in [0.1, 0.15) is 51.0 Å². The summed E-state index contributed by atoms with van der Waals surface area (Å²) in [5, 5.41) is 0.376. The van der Waals surface area contributed by atoms with Crippen LogP contribution in [-0.2, 0) is 56.2 Å². The molecule has 234 valence electrons. The summed E-state index contributed by atoms with van der Waals surface area (Å²) in [4.78, 5) is 52.9. The molecule has 3 aromatic carbocycles. The molecule has 3 heterocycles. The number of aryl methyl sites for hydroxylation is 1. The fraction of sp³-hybridized carbons (Fsp3) is 0.185. The minimum absolute atomic E-state index is 0.0370. The summed E-state index contributed by atoms with van der Waals surface area (Å²) in [6.45, 7) is 1.55. The van der Waals surface area contributed by atoms with Gasteiger partial charge in [0.2, 0.25) is 0 Å². The number of nitrogen functional groups attached to an aromatic ring is 2. The molecule has 16 nitrogen and oxygen atoms in total. The zero-order valence-corrected chi connectivity index (χ0v) is 24.5. The SMILES string of the molecule is Cc1cc2c(cc1CC(=O)ON1C(=O)CCC1=O)C(=O)OC21c2ccc(N)c(S(=O)(=O)O)c2Oc2c1ccc(N)c2S(=O)(=O)O. The van der Waals surface area contributed by atoms with Crippen LogP contribution in [0.2, 0.25) is 0 Å². The van der Waals surface area contributed by atoms with Crippen LogP contribution < -0.4 is 16.2 Å². The van der Waals surface area contributed by atoms with Crippen LogP contribution in [0, 0.1) is 6.92 Å². The van der Waals surface area contributed by atoms with E-state index in [1.54, 1.807) is 6.92 Å². The summed E-state index contributed by atoms with van der Waals surface area (Å²) < 4.78 is 81.6. The van der Waals surface area contributed by atoms with Gasteiger partial charge in [-0.1, -0.05) is 6.07 Å². The Morgan fingerprint density at radius 3 is 1.89 bits per heavy atom. The molecule has 0 saturated carbocycles. The lowest BCUT2D eigenvalue weighted by molar-refractivity contribution is -0.197. The van der Waals surface area contributed by atoms with Gasteiger partial charge in [-0.25, -0.2) is 9.59 Å². The molecule has 1 spiro atoms. The number of fused-ring (bicyclic) bond motifs is 6. The van der Waals surface area contributed by atoms with E-state index in [1.807, 2.05) is 0 Å². The first-order valence-corrected chi connectivity index (χ1v) is 15.8. The Bertz CT molecular complexity index is 2040. The molecule has 3 aliphatic rings. The maximum Gasteiger partial charge on any atom is 0.340 e. The minimum atomic E-state index is -5.16. The van der Waals surface area contributed by atoms with E-state index in [9.17, 15) is 45.1 Å². The highest BCUT2D eigenvalue weighted by Gasteiger charge is 2.56. The van der Waals surface area contributed by atoms with Gasteiger partial charge in [-0.2, -0.15) is 16.8 Å². The first-order chi connectivity index (χ1) is 20.9. The smallest absolute Gasteiger partial charge is 0.340 e. The normalized spacial score (nSPS) is 16.6. The van der Waals surface area contributed by atoms with Crippen LogP contribution in [0.3, 0.4) is 0 Å². The fourth-order valence-corrected chi connectivity index (χ4v) is 7.20. The fourth-order valence-electron chi connectivity index (χ4n) is 5.69. The van der Waals surface area contributed by atoms with Crippen molar-refractivity contribution in [2.75, 3.05) is 11.5 Å². The standard InChI is InChI=1S/C27H21N3O13S2/c1-11-8-16-13(9-12(11)10-21(33)43-30-19(31)6-7-20(30)32)26(34)42-27(16)14-2-4-17(28)24(44(35,36)37)22(14)41-23-15(27)3-5-18(29)25(23)45(38,39)40/h2-5,8-9H,6-7,10,28-29H2,1H3,(H,35,36,37)(H,38,39,40). The lowest BCUT2D eigenvalue weighted by atomic mass is 9.76. The average Bonchev–Trinajstić information content (AvgIpc) is 3.38. The van der Waals surface area contributed by atoms with Gasteiger partial charge >= 0.3 is 11.9 Å². The monoisotopic (exact) mass is 659 g/mol. The third-order valence-corrected chi connectivity index (χ3v) is 9.49. The van der Waals surface area contributed by atoms with E-state index in [1.165, 1.54) is 24.3 Å². The summed E-state index contributed by atoms with van der Waals surface area (Å²) in [6, 6.07) is 7.40. The third-order valence-electron chi connectivity index (χ3n) is 7.62. The molecule has 6 N–H and O–H groups in total. The van der Waals surface area contributed by atoms with Crippen LogP contribution in [0.15, 0.2) is 46.2 Å². The molecule has 6 rings (SSSR count). The van der Waals surface area contributed by atoms with Crippen molar-refractivity contribution in [3.8, 4) is 11.5 Å². The number of carbonyl (C=O) groups excluding carboxylic acids is 4. The van der Waals surface area contributed by atoms with Gasteiger partial charge in [0, 0.05) is 29.5 Å². The van der Waals surface area contributed by atoms with Gasteiger partial charge in [-0.15, -0.1) is 5.06 Å². The zero-order valence-electron chi connectivity index (χ0n) is 22.9. The number of rotatable bonds is 5. The number of hydroxylamine groups is 2. The maximum absolute atomic E-state index is 13.5. The van der Waals surface area contributed by atoms with E-state index in [4.69, 9.17) is 25.8 Å². The predicted octanol–water partition coefficient (Wildman–Crippen LogP) is 1.37. The summed E-state index contributed by atoms with van der Waals surface area (Å²) in [6.07, 6.45) is -0.708. The van der Waals surface area contributed by atoms with Gasteiger partial charge in [-0.3, -0.25) is 18.7 Å². The van der Waals surface area contributed by atoms with Gasteiger partial charge in [-0.05, 0) is 48.4 Å². The Morgan fingerprint density at radius 2 is 1.40 bits per heavy atom. The van der Waals surface area contributed by atoms with Gasteiger partial charge < -0.3 is 25.8 Å². The number of amides is 2. The lowest BCUT2D eigenvalue weighted by Crippen LogP contribution is -2.34. The predicted molar refractivity (Wildman–Crippen MR) is 149 cm³/mol. The number of hydrogen-bond acceptors (Lipinski definition) is 13. The molecule has 45 heavy (non-hydrogen) atoms. The Hall–Kier alpha value is -5.04. The number of ether oxygens (including phenoxy) is 2.